The van der Waals surface area contributed by atoms with Gasteiger partial charge in [-0.15, -0.1) is 0 Å². The van der Waals surface area contributed by atoms with Crippen molar-refractivity contribution in [1.29, 1.82) is 0 Å². The minimum atomic E-state index is -4.28. The first-order valence-electron chi connectivity index (χ1n) is 6.58. The monoisotopic (exact) mass is 322 g/mol. The minimum absolute atomic E-state index is 0. The van der Waals surface area contributed by atoms with Gasteiger partial charge in [0.1, 0.15) is 4.90 Å². The van der Waals surface area contributed by atoms with Crippen LogP contribution in [0.2, 0.25) is 0 Å². The fourth-order valence-corrected chi connectivity index (χ4v) is 3.48. The Morgan fingerprint density at radius 1 is 0.864 bits per heavy atom. The zero-order chi connectivity index (χ0) is 14.9. The van der Waals surface area contributed by atoms with Crippen molar-refractivity contribution >= 4 is 20.9 Å². The number of fused-ring (bicyclic) bond motifs is 1. The van der Waals surface area contributed by atoms with E-state index < -0.39 is 10.1 Å². The summed E-state index contributed by atoms with van der Waals surface area (Å²) in [6, 6.07) is 20.4. The number of benzene rings is 3. The molecule has 0 unspecified atom stereocenters. The third-order valence-corrected chi connectivity index (χ3v) is 4.45. The summed E-state index contributed by atoms with van der Waals surface area (Å²) in [5.74, 6) is 0. The van der Waals surface area contributed by atoms with Crippen molar-refractivity contribution in [2.75, 3.05) is 0 Å². The fourth-order valence-electron chi connectivity index (χ4n) is 2.55. The Morgan fingerprint density at radius 2 is 1.50 bits per heavy atom. The number of rotatable bonds is 3. The van der Waals surface area contributed by atoms with Gasteiger partial charge in [-0.25, -0.2) is 0 Å². The van der Waals surface area contributed by atoms with Crippen molar-refractivity contribution in [3.05, 3.63) is 77.9 Å². The Morgan fingerprint density at radius 3 is 2.18 bits per heavy atom. The van der Waals surface area contributed by atoms with Crippen LogP contribution in [-0.4, -0.2) is 13.0 Å². The van der Waals surface area contributed by atoms with Gasteiger partial charge >= 0.3 is 29.6 Å². The summed E-state index contributed by atoms with van der Waals surface area (Å²) in [5, 5.41) is 1.34. The first-order chi connectivity index (χ1) is 10.1. The van der Waals surface area contributed by atoms with E-state index in [2.05, 4.69) is 0 Å². The molecule has 108 valence electrons. The smallest absolute Gasteiger partial charge is 1.00 e. The Bertz CT molecular complexity index is 896. The van der Waals surface area contributed by atoms with Crippen molar-refractivity contribution in [3.63, 3.8) is 0 Å². The summed E-state index contributed by atoms with van der Waals surface area (Å²) in [5.41, 5.74) is 1.60. The average Bonchev–Trinajstić information content (AvgIpc) is 2.47. The van der Waals surface area contributed by atoms with Crippen molar-refractivity contribution in [2.24, 2.45) is 0 Å². The second kappa shape index (κ2) is 6.94. The molecule has 0 heterocycles. The largest absolute Gasteiger partial charge is 1.00 e. The molecule has 0 saturated heterocycles. The fraction of sp³-hybridized carbons (Fsp3) is 0.0588. The molecule has 1 N–H and O–H groups in total. The van der Waals surface area contributed by atoms with Gasteiger partial charge in [-0.1, -0.05) is 66.7 Å². The summed E-state index contributed by atoms with van der Waals surface area (Å²) in [6.07, 6.45) is 0.459. The summed E-state index contributed by atoms with van der Waals surface area (Å²) in [4.78, 5) is 0.00412. The van der Waals surface area contributed by atoms with Crippen LogP contribution in [0, 0.1) is 0 Å². The van der Waals surface area contributed by atoms with Crippen LogP contribution in [0.25, 0.3) is 10.8 Å². The predicted molar refractivity (Wildman–Crippen MR) is 84.1 cm³/mol. The average molecular weight is 322 g/mol. The van der Waals surface area contributed by atoms with E-state index in [1.54, 1.807) is 18.2 Å². The first-order valence-corrected chi connectivity index (χ1v) is 8.02. The van der Waals surface area contributed by atoms with Gasteiger partial charge in [0.25, 0.3) is 10.1 Å². The van der Waals surface area contributed by atoms with Gasteiger partial charge in [0.05, 0.1) is 0 Å². The maximum absolute atomic E-state index is 11.8. The molecular weight excluding hydrogens is 307 g/mol. The van der Waals surface area contributed by atoms with E-state index in [1.807, 2.05) is 48.5 Å². The van der Waals surface area contributed by atoms with Crippen molar-refractivity contribution in [1.82, 2.24) is 0 Å². The zero-order valence-corrected chi connectivity index (χ0v) is 15.0. The molecule has 0 bridgehead atoms. The van der Waals surface area contributed by atoms with Gasteiger partial charge in [0.15, 0.2) is 0 Å². The van der Waals surface area contributed by atoms with Crippen LogP contribution in [0.3, 0.4) is 0 Å². The summed E-state index contributed by atoms with van der Waals surface area (Å²) < 4.78 is 33.2. The van der Waals surface area contributed by atoms with Crippen LogP contribution >= 0.6 is 0 Å². The molecular formula is C17H15NaO3S. The van der Waals surface area contributed by atoms with Crippen molar-refractivity contribution < 1.29 is 44.0 Å². The molecule has 3 nitrogen and oxygen atoms in total. The number of hydrogen-bond acceptors (Lipinski definition) is 2. The molecule has 0 aromatic heterocycles. The van der Waals surface area contributed by atoms with E-state index in [0.717, 1.165) is 10.9 Å². The molecule has 3 aromatic carbocycles. The molecule has 0 aliphatic rings. The van der Waals surface area contributed by atoms with Gasteiger partial charge in [-0.05, 0) is 22.9 Å². The minimum Gasteiger partial charge on any atom is -1.00 e. The van der Waals surface area contributed by atoms with Crippen LogP contribution in [0.5, 0.6) is 0 Å². The van der Waals surface area contributed by atoms with Gasteiger partial charge in [0.2, 0.25) is 0 Å². The topological polar surface area (TPSA) is 54.4 Å². The van der Waals surface area contributed by atoms with Crippen LogP contribution in [0.15, 0.2) is 71.6 Å². The first kappa shape index (κ1) is 17.2. The standard InChI is InChI=1S/C17H14O3S.Na.H/c18-21(19,20)17-15(12-13-6-2-1-3-7-13)11-10-14-8-4-5-9-16(14)17;;/h1-11H,12H2,(H,18,19,20);;/q;+1;-1. The Labute approximate surface area is 153 Å². The normalized spacial score (nSPS) is 11.1. The van der Waals surface area contributed by atoms with E-state index in [-0.39, 0.29) is 35.9 Å². The molecule has 0 radical (unpaired) electrons. The zero-order valence-electron chi connectivity index (χ0n) is 13.2. The van der Waals surface area contributed by atoms with Gasteiger partial charge in [0, 0.05) is 5.39 Å². The molecule has 0 aliphatic heterocycles. The van der Waals surface area contributed by atoms with Crippen LogP contribution in [0.1, 0.15) is 12.6 Å². The summed E-state index contributed by atoms with van der Waals surface area (Å²) >= 11 is 0. The predicted octanol–water partition coefficient (Wildman–Crippen LogP) is 0.794. The maximum atomic E-state index is 11.8. The molecule has 0 atom stereocenters. The van der Waals surface area contributed by atoms with Gasteiger partial charge in [-0.2, -0.15) is 8.42 Å². The van der Waals surface area contributed by atoms with Crippen LogP contribution < -0.4 is 29.6 Å². The number of hydrogen-bond donors (Lipinski definition) is 1. The quantitative estimate of drug-likeness (QED) is 0.573. The Kier molecular flexibility index (Phi) is 5.42. The van der Waals surface area contributed by atoms with E-state index >= 15 is 0 Å². The van der Waals surface area contributed by atoms with Crippen LogP contribution in [0.4, 0.5) is 0 Å². The third kappa shape index (κ3) is 3.59. The third-order valence-electron chi connectivity index (χ3n) is 3.46. The molecule has 3 aromatic rings. The summed E-state index contributed by atoms with van der Waals surface area (Å²) in [6.45, 7) is 0. The molecule has 0 spiro atoms. The van der Waals surface area contributed by atoms with Crippen molar-refractivity contribution in [3.8, 4) is 0 Å². The molecule has 0 amide bonds. The molecule has 0 saturated carbocycles. The van der Waals surface area contributed by atoms with Crippen molar-refractivity contribution in [2.45, 2.75) is 11.3 Å². The molecule has 3 rings (SSSR count). The molecule has 0 fully saturated rings. The maximum Gasteiger partial charge on any atom is 1.00 e. The van der Waals surface area contributed by atoms with E-state index in [4.69, 9.17) is 0 Å². The van der Waals surface area contributed by atoms with Crippen LogP contribution in [-0.2, 0) is 16.5 Å². The van der Waals surface area contributed by atoms with E-state index in [9.17, 15) is 13.0 Å². The summed E-state index contributed by atoms with van der Waals surface area (Å²) in [7, 11) is -4.28. The van der Waals surface area contributed by atoms with E-state index in [0.29, 0.717) is 17.4 Å². The van der Waals surface area contributed by atoms with E-state index in [1.165, 1.54) is 0 Å². The second-order valence-corrected chi connectivity index (χ2v) is 6.27. The SMILES string of the molecule is O=S(=O)(O)c1c(Cc2ccccc2)ccc2ccccc12.[H-].[Na+]. The molecule has 22 heavy (non-hydrogen) atoms. The molecule has 0 aliphatic carbocycles. The Hall–Kier alpha value is -1.17. The van der Waals surface area contributed by atoms with Gasteiger partial charge < -0.3 is 1.43 Å². The Balaban J connectivity index is 0.00000132. The molecule has 5 heteroatoms. The van der Waals surface area contributed by atoms with Gasteiger partial charge in [-0.3, -0.25) is 4.55 Å². The second-order valence-electron chi connectivity index (χ2n) is 4.91.